The molecule has 4 nitrogen and oxygen atoms in total. The first-order valence-electron chi connectivity index (χ1n) is 7.20. The molecule has 0 aliphatic heterocycles. The number of nitrogens with one attached hydrogen (secondary N) is 1. The Labute approximate surface area is 122 Å². The van der Waals surface area contributed by atoms with E-state index in [2.05, 4.69) is 12.2 Å². The number of sulfonamides is 1. The maximum Gasteiger partial charge on any atom is 0.242 e. The summed E-state index contributed by atoms with van der Waals surface area (Å²) in [6.45, 7) is 2.21. The Hall–Kier alpha value is -1.07. The second kappa shape index (κ2) is 6.14. The van der Waals surface area contributed by atoms with Crippen LogP contribution in [0.1, 0.15) is 32.6 Å². The summed E-state index contributed by atoms with van der Waals surface area (Å²) in [6.07, 6.45) is 5.25. The Kier molecular flexibility index (Phi) is 4.70. The van der Waals surface area contributed by atoms with Crippen LogP contribution in [-0.4, -0.2) is 32.9 Å². The van der Waals surface area contributed by atoms with Crippen molar-refractivity contribution in [3.63, 3.8) is 0 Å². The number of hydrogen-bond acceptors (Lipinski definition) is 3. The number of nitrogens with zero attached hydrogens (tertiary/aromatic N) is 1. The fraction of sp³-hybridized carbons (Fsp3) is 0.600. The highest BCUT2D eigenvalue weighted by molar-refractivity contribution is 7.89. The van der Waals surface area contributed by atoms with Gasteiger partial charge in [0.2, 0.25) is 10.0 Å². The molecule has 1 N–H and O–H groups in total. The Balaban J connectivity index is 2.05. The summed E-state index contributed by atoms with van der Waals surface area (Å²) in [5, 5.41) is 3.48. The van der Waals surface area contributed by atoms with Crippen LogP contribution in [-0.2, 0) is 10.0 Å². The van der Waals surface area contributed by atoms with Crippen LogP contribution in [0.4, 0.5) is 5.69 Å². The van der Waals surface area contributed by atoms with Crippen molar-refractivity contribution in [2.24, 2.45) is 5.92 Å². The summed E-state index contributed by atoms with van der Waals surface area (Å²) in [6, 6.07) is 7.47. The summed E-state index contributed by atoms with van der Waals surface area (Å²) >= 11 is 0. The molecule has 0 spiro atoms. The normalized spacial score (nSPS) is 18.4. The molecular formula is C15H24N2O2S. The highest BCUT2D eigenvalue weighted by Crippen LogP contribution is 2.29. The summed E-state index contributed by atoms with van der Waals surface area (Å²) in [7, 11) is -0.242. The summed E-state index contributed by atoms with van der Waals surface area (Å²) < 4.78 is 25.2. The Bertz CT molecular complexity index is 531. The van der Waals surface area contributed by atoms with Gasteiger partial charge in [-0.15, -0.1) is 0 Å². The van der Waals surface area contributed by atoms with Crippen LogP contribution in [0, 0.1) is 5.92 Å². The fourth-order valence-corrected chi connectivity index (χ4v) is 3.67. The Morgan fingerprint density at radius 3 is 2.20 bits per heavy atom. The third kappa shape index (κ3) is 3.33. The Morgan fingerprint density at radius 2 is 1.70 bits per heavy atom. The third-order valence-electron chi connectivity index (χ3n) is 4.13. The van der Waals surface area contributed by atoms with Crippen molar-refractivity contribution in [3.8, 4) is 0 Å². The van der Waals surface area contributed by atoms with Gasteiger partial charge >= 0.3 is 0 Å². The van der Waals surface area contributed by atoms with Crippen LogP contribution >= 0.6 is 0 Å². The van der Waals surface area contributed by atoms with E-state index in [1.165, 1.54) is 30.0 Å². The minimum Gasteiger partial charge on any atom is -0.382 e. The van der Waals surface area contributed by atoms with Gasteiger partial charge in [-0.2, -0.15) is 0 Å². The molecule has 112 valence electrons. The standard InChI is InChI=1S/C15H24N2O2S/c1-12(13-6-4-5-7-13)16-14-8-10-15(11-9-14)20(18,19)17(2)3/h8-13,16H,4-7H2,1-3H3. The molecule has 0 radical (unpaired) electrons. The summed E-state index contributed by atoms with van der Waals surface area (Å²) in [4.78, 5) is 0.335. The molecule has 0 bridgehead atoms. The van der Waals surface area contributed by atoms with Crippen molar-refractivity contribution >= 4 is 15.7 Å². The van der Waals surface area contributed by atoms with Crippen LogP contribution < -0.4 is 5.32 Å². The van der Waals surface area contributed by atoms with Gasteiger partial charge < -0.3 is 5.32 Å². The van der Waals surface area contributed by atoms with Crippen molar-refractivity contribution < 1.29 is 8.42 Å². The quantitative estimate of drug-likeness (QED) is 0.909. The third-order valence-corrected chi connectivity index (χ3v) is 5.96. The van der Waals surface area contributed by atoms with Gasteiger partial charge in [-0.25, -0.2) is 12.7 Å². The molecule has 1 saturated carbocycles. The minimum absolute atomic E-state index is 0.335. The first kappa shape index (κ1) is 15.3. The van der Waals surface area contributed by atoms with Crippen LogP contribution in [0.2, 0.25) is 0 Å². The van der Waals surface area contributed by atoms with Crippen molar-refractivity contribution in [3.05, 3.63) is 24.3 Å². The lowest BCUT2D eigenvalue weighted by Crippen LogP contribution is -2.24. The molecule has 2 rings (SSSR count). The number of rotatable bonds is 5. The van der Waals surface area contributed by atoms with Crippen molar-refractivity contribution in [2.75, 3.05) is 19.4 Å². The van der Waals surface area contributed by atoms with Crippen molar-refractivity contribution in [1.29, 1.82) is 0 Å². The predicted molar refractivity (Wildman–Crippen MR) is 82.4 cm³/mol. The molecule has 1 unspecified atom stereocenters. The largest absolute Gasteiger partial charge is 0.382 e. The maximum atomic E-state index is 12.0. The van der Waals surface area contributed by atoms with Gasteiger partial charge in [-0.05, 0) is 49.9 Å². The second-order valence-corrected chi connectivity index (χ2v) is 7.94. The van der Waals surface area contributed by atoms with E-state index in [9.17, 15) is 8.42 Å². The van der Waals surface area contributed by atoms with Crippen LogP contribution in [0.5, 0.6) is 0 Å². The molecule has 0 heterocycles. The molecule has 1 fully saturated rings. The zero-order valence-corrected chi connectivity index (χ0v) is 13.3. The topological polar surface area (TPSA) is 49.4 Å². The lowest BCUT2D eigenvalue weighted by atomic mass is 9.99. The molecule has 1 aliphatic carbocycles. The van der Waals surface area contributed by atoms with E-state index in [1.807, 2.05) is 12.1 Å². The van der Waals surface area contributed by atoms with Gasteiger partial charge in [0.15, 0.2) is 0 Å². The van der Waals surface area contributed by atoms with Crippen LogP contribution in [0.25, 0.3) is 0 Å². The maximum absolute atomic E-state index is 12.0. The molecule has 1 aromatic carbocycles. The predicted octanol–water partition coefficient (Wildman–Crippen LogP) is 2.93. The Morgan fingerprint density at radius 1 is 1.15 bits per heavy atom. The first-order chi connectivity index (χ1) is 9.41. The van der Waals surface area contributed by atoms with E-state index in [-0.39, 0.29) is 0 Å². The SMILES string of the molecule is CC(Nc1ccc(S(=O)(=O)N(C)C)cc1)C1CCCC1. The molecule has 5 heteroatoms. The number of hydrogen-bond donors (Lipinski definition) is 1. The van der Waals surface area contributed by atoms with E-state index >= 15 is 0 Å². The highest BCUT2D eigenvalue weighted by atomic mass is 32.2. The zero-order chi connectivity index (χ0) is 14.8. The van der Waals surface area contributed by atoms with Crippen LogP contribution in [0.3, 0.4) is 0 Å². The van der Waals surface area contributed by atoms with E-state index < -0.39 is 10.0 Å². The molecular weight excluding hydrogens is 272 g/mol. The molecule has 0 aromatic heterocycles. The van der Waals surface area contributed by atoms with Gasteiger partial charge in [0.25, 0.3) is 0 Å². The zero-order valence-electron chi connectivity index (χ0n) is 12.5. The molecule has 1 aromatic rings. The van der Waals surface area contributed by atoms with Crippen LogP contribution in [0.15, 0.2) is 29.2 Å². The van der Waals surface area contributed by atoms with E-state index in [0.29, 0.717) is 10.9 Å². The lowest BCUT2D eigenvalue weighted by molar-refractivity contribution is 0.482. The van der Waals surface area contributed by atoms with Crippen molar-refractivity contribution in [2.45, 2.75) is 43.5 Å². The van der Waals surface area contributed by atoms with E-state index in [1.54, 1.807) is 26.2 Å². The second-order valence-electron chi connectivity index (χ2n) is 5.79. The average Bonchev–Trinajstić information content (AvgIpc) is 2.93. The minimum atomic E-state index is -3.33. The van der Waals surface area contributed by atoms with Gasteiger partial charge in [-0.3, -0.25) is 0 Å². The van der Waals surface area contributed by atoms with Gasteiger partial charge in [0.05, 0.1) is 4.90 Å². The fourth-order valence-electron chi connectivity index (χ4n) is 2.77. The lowest BCUT2D eigenvalue weighted by Gasteiger charge is -2.21. The van der Waals surface area contributed by atoms with Gasteiger partial charge in [-0.1, -0.05) is 12.8 Å². The highest BCUT2D eigenvalue weighted by Gasteiger charge is 2.21. The molecule has 1 atom stereocenters. The smallest absolute Gasteiger partial charge is 0.242 e. The van der Waals surface area contributed by atoms with E-state index in [0.717, 1.165) is 11.6 Å². The number of benzene rings is 1. The monoisotopic (exact) mass is 296 g/mol. The first-order valence-corrected chi connectivity index (χ1v) is 8.64. The molecule has 0 amide bonds. The number of anilines is 1. The molecule has 1 aliphatic rings. The van der Waals surface area contributed by atoms with Crippen molar-refractivity contribution in [1.82, 2.24) is 4.31 Å². The molecule has 20 heavy (non-hydrogen) atoms. The summed E-state index contributed by atoms with van der Waals surface area (Å²) in [5.74, 6) is 0.736. The average molecular weight is 296 g/mol. The van der Waals surface area contributed by atoms with Gasteiger partial charge in [0.1, 0.15) is 0 Å². The molecule has 0 saturated heterocycles. The summed E-state index contributed by atoms with van der Waals surface area (Å²) in [5.41, 5.74) is 0.988. The van der Waals surface area contributed by atoms with E-state index in [4.69, 9.17) is 0 Å². The van der Waals surface area contributed by atoms with Gasteiger partial charge in [0, 0.05) is 25.8 Å².